The first-order valence-electron chi connectivity index (χ1n) is 8.60. The van der Waals surface area contributed by atoms with Crippen LogP contribution in [-0.2, 0) is 6.42 Å². The first kappa shape index (κ1) is 17.9. The molecule has 2 aromatic rings. The minimum atomic E-state index is -0.0809. The number of nitrogens with zero attached hydrogens (tertiary/aromatic N) is 2. The van der Waals surface area contributed by atoms with Crippen molar-refractivity contribution in [3.05, 3.63) is 56.5 Å². The number of benzene rings is 1. The van der Waals surface area contributed by atoms with Gasteiger partial charge in [0.1, 0.15) is 6.54 Å². The maximum atomic E-state index is 12.6. The number of nitrogens with one attached hydrogen (secondary N) is 2. The molecule has 134 valence electrons. The van der Waals surface area contributed by atoms with Crippen LogP contribution in [0.1, 0.15) is 16.8 Å². The zero-order chi connectivity index (χ0) is 17.8. The summed E-state index contributed by atoms with van der Waals surface area (Å²) in [6, 6.07) is 7.52. The summed E-state index contributed by atoms with van der Waals surface area (Å²) in [5, 5.41) is 9.72. The van der Waals surface area contributed by atoms with Crippen molar-refractivity contribution in [1.29, 1.82) is 0 Å². The highest BCUT2D eigenvalue weighted by molar-refractivity contribution is 6.30. The van der Waals surface area contributed by atoms with Crippen molar-refractivity contribution in [2.75, 3.05) is 44.2 Å². The largest absolute Gasteiger partial charge is 0.391 e. The molecule has 1 fully saturated rings. The molecule has 0 spiro atoms. The zero-order valence-electron chi connectivity index (χ0n) is 14.4. The lowest BCUT2D eigenvalue weighted by Gasteiger charge is -2.32. The van der Waals surface area contributed by atoms with Gasteiger partial charge < -0.3 is 14.9 Å². The fourth-order valence-corrected chi connectivity index (χ4v) is 3.33. The van der Waals surface area contributed by atoms with E-state index in [0.717, 1.165) is 44.0 Å². The molecule has 25 heavy (non-hydrogen) atoms. The summed E-state index contributed by atoms with van der Waals surface area (Å²) in [5.74, 6) is 0.644. The van der Waals surface area contributed by atoms with E-state index in [1.54, 1.807) is 0 Å². The predicted octanol–water partition coefficient (Wildman–Crippen LogP) is 0.0197. The van der Waals surface area contributed by atoms with Crippen LogP contribution in [-0.4, -0.2) is 54.4 Å². The molecule has 3 rings (SSSR count). The van der Waals surface area contributed by atoms with Gasteiger partial charge in [0.2, 0.25) is 5.95 Å². The molecule has 6 nitrogen and oxygen atoms in total. The van der Waals surface area contributed by atoms with Crippen molar-refractivity contribution in [3.8, 4) is 0 Å². The van der Waals surface area contributed by atoms with Gasteiger partial charge in [-0.3, -0.25) is 9.78 Å². The van der Waals surface area contributed by atoms with Gasteiger partial charge in [-0.2, -0.15) is 0 Å². The monoisotopic (exact) mass is 363 g/mol. The summed E-state index contributed by atoms with van der Waals surface area (Å²) in [5.41, 5.74) is 2.41. The van der Waals surface area contributed by atoms with E-state index in [0.29, 0.717) is 23.0 Å². The number of aliphatic hydroxyl groups excluding tert-OH is 1. The molecule has 1 aromatic carbocycles. The summed E-state index contributed by atoms with van der Waals surface area (Å²) < 4.78 is 0. The normalized spacial score (nSPS) is 15.6. The van der Waals surface area contributed by atoms with Gasteiger partial charge in [0.25, 0.3) is 5.56 Å². The van der Waals surface area contributed by atoms with Gasteiger partial charge in [0.15, 0.2) is 0 Å². The Bertz CT molecular complexity index is 768. The molecule has 0 atom stereocenters. The van der Waals surface area contributed by atoms with Gasteiger partial charge in [0, 0.05) is 17.0 Å². The van der Waals surface area contributed by atoms with Crippen LogP contribution in [0.15, 0.2) is 29.1 Å². The van der Waals surface area contributed by atoms with Crippen LogP contribution in [0.25, 0.3) is 0 Å². The van der Waals surface area contributed by atoms with Crippen molar-refractivity contribution in [2.24, 2.45) is 0 Å². The highest BCUT2D eigenvalue weighted by Gasteiger charge is 2.22. The molecular formula is C18H24ClN4O2+. The van der Waals surface area contributed by atoms with Gasteiger partial charge in [-0.1, -0.05) is 23.7 Å². The Hall–Kier alpha value is -1.89. The highest BCUT2D eigenvalue weighted by Crippen LogP contribution is 2.14. The van der Waals surface area contributed by atoms with Gasteiger partial charge in [-0.05, 0) is 24.6 Å². The molecular weight excluding hydrogens is 340 g/mol. The van der Waals surface area contributed by atoms with Gasteiger partial charge in [-0.25, -0.2) is 4.98 Å². The lowest BCUT2D eigenvalue weighted by atomic mass is 10.1. The second kappa shape index (κ2) is 7.99. The number of quaternary nitrogens is 1. The maximum Gasteiger partial charge on any atom is 0.256 e. The highest BCUT2D eigenvalue weighted by atomic mass is 35.5. The fourth-order valence-electron chi connectivity index (χ4n) is 3.20. The Morgan fingerprint density at radius 2 is 1.96 bits per heavy atom. The number of aromatic nitrogens is 2. The Morgan fingerprint density at radius 1 is 1.28 bits per heavy atom. The maximum absolute atomic E-state index is 12.6. The van der Waals surface area contributed by atoms with Crippen molar-refractivity contribution in [3.63, 3.8) is 0 Å². The lowest BCUT2D eigenvalue weighted by Crippen LogP contribution is -3.15. The van der Waals surface area contributed by atoms with Gasteiger partial charge >= 0.3 is 0 Å². The van der Waals surface area contributed by atoms with E-state index in [1.165, 1.54) is 4.90 Å². The Morgan fingerprint density at radius 3 is 2.56 bits per heavy atom. The number of aromatic amines is 1. The third-order valence-electron chi connectivity index (χ3n) is 4.74. The average molecular weight is 364 g/mol. The molecule has 1 aromatic heterocycles. The second-order valence-corrected chi connectivity index (χ2v) is 6.90. The molecule has 0 radical (unpaired) electrons. The zero-order valence-corrected chi connectivity index (χ0v) is 15.1. The van der Waals surface area contributed by atoms with Crippen molar-refractivity contribution < 1.29 is 10.0 Å². The van der Waals surface area contributed by atoms with Crippen LogP contribution < -0.4 is 15.4 Å². The number of hydrogen-bond acceptors (Lipinski definition) is 4. The van der Waals surface area contributed by atoms with Crippen LogP contribution in [0.5, 0.6) is 0 Å². The first-order valence-corrected chi connectivity index (χ1v) is 8.98. The third kappa shape index (κ3) is 4.39. The van der Waals surface area contributed by atoms with E-state index < -0.39 is 0 Å². The Labute approximate surface area is 152 Å². The molecule has 7 heteroatoms. The summed E-state index contributed by atoms with van der Waals surface area (Å²) in [4.78, 5) is 23.6. The second-order valence-electron chi connectivity index (χ2n) is 6.47. The van der Waals surface area contributed by atoms with Crippen LogP contribution >= 0.6 is 11.6 Å². The predicted molar refractivity (Wildman–Crippen MR) is 98.7 cm³/mol. The topological polar surface area (TPSA) is 73.7 Å². The number of aliphatic hydroxyl groups is 1. The molecule has 0 aliphatic carbocycles. The van der Waals surface area contributed by atoms with Crippen LogP contribution in [0.2, 0.25) is 5.02 Å². The van der Waals surface area contributed by atoms with E-state index in [-0.39, 0.29) is 12.2 Å². The summed E-state index contributed by atoms with van der Waals surface area (Å²) >= 11 is 5.91. The summed E-state index contributed by atoms with van der Waals surface area (Å²) in [7, 11) is 0. The Balaban J connectivity index is 1.74. The molecule has 0 saturated carbocycles. The number of H-pyrrole nitrogens is 1. The number of hydrogen-bond donors (Lipinski definition) is 3. The number of halogens is 1. The van der Waals surface area contributed by atoms with Crippen LogP contribution in [0.3, 0.4) is 0 Å². The van der Waals surface area contributed by atoms with Crippen LogP contribution in [0.4, 0.5) is 5.95 Å². The smallest absolute Gasteiger partial charge is 0.256 e. The Kier molecular flexibility index (Phi) is 5.73. The number of piperazine rings is 1. The van der Waals surface area contributed by atoms with E-state index in [4.69, 9.17) is 16.7 Å². The molecule has 3 N–H and O–H groups in total. The molecule has 0 bridgehead atoms. The van der Waals surface area contributed by atoms with Crippen molar-refractivity contribution in [1.82, 2.24) is 9.97 Å². The molecule has 1 aliphatic heterocycles. The standard InChI is InChI=1S/C18H23ClN4O2/c1-13-16(12-14-2-4-15(19)5-3-14)17(25)21-18(20-13)23-8-6-22(7-9-23)10-11-24/h2-5,24H,6-12H2,1H3,(H,20,21,25)/p+1. The fraction of sp³-hybridized carbons (Fsp3) is 0.444. The number of anilines is 1. The SMILES string of the molecule is Cc1nc(N2CC[NH+](CCO)CC2)[nH]c(=O)c1Cc1ccc(Cl)cc1. The molecule has 0 amide bonds. The first-order chi connectivity index (χ1) is 12.1. The van der Waals surface area contributed by atoms with Crippen molar-refractivity contribution >= 4 is 17.5 Å². The number of rotatable bonds is 5. The molecule has 1 aliphatic rings. The average Bonchev–Trinajstić information content (AvgIpc) is 2.60. The summed E-state index contributed by atoms with van der Waals surface area (Å²) in [6.07, 6.45) is 0.542. The van der Waals surface area contributed by atoms with Gasteiger partial charge in [0.05, 0.1) is 38.5 Å². The molecule has 2 heterocycles. The quantitative estimate of drug-likeness (QED) is 0.700. The minimum absolute atomic E-state index is 0.0809. The van der Waals surface area contributed by atoms with E-state index in [9.17, 15) is 4.79 Å². The van der Waals surface area contributed by atoms with Crippen LogP contribution in [0, 0.1) is 6.92 Å². The molecule has 0 unspecified atom stereocenters. The van der Waals surface area contributed by atoms with Gasteiger partial charge in [-0.15, -0.1) is 0 Å². The molecule has 1 saturated heterocycles. The van der Waals surface area contributed by atoms with E-state index in [1.807, 2.05) is 31.2 Å². The minimum Gasteiger partial charge on any atom is -0.391 e. The third-order valence-corrected chi connectivity index (χ3v) is 4.99. The lowest BCUT2D eigenvalue weighted by molar-refractivity contribution is -0.900. The summed E-state index contributed by atoms with van der Waals surface area (Å²) in [6.45, 7) is 6.41. The van der Waals surface area contributed by atoms with Crippen molar-refractivity contribution in [2.45, 2.75) is 13.3 Å². The van der Waals surface area contributed by atoms with E-state index in [2.05, 4.69) is 14.9 Å². The van der Waals surface area contributed by atoms with E-state index >= 15 is 0 Å². The number of aryl methyl sites for hydroxylation is 1.